The predicted octanol–water partition coefficient (Wildman–Crippen LogP) is 4.28. The number of halogens is 3. The lowest BCUT2D eigenvalue weighted by Gasteiger charge is -2.12. The number of rotatable bonds is 4. The number of aliphatic hydroxyl groups excluding tert-OH is 1. The Bertz CT molecular complexity index is 572. The molecule has 0 heterocycles. The molecule has 100 valence electrons. The van der Waals surface area contributed by atoms with Crippen molar-refractivity contribution in [1.29, 1.82) is 0 Å². The average Bonchev–Trinajstić information content (AvgIpc) is 2.34. The molecule has 4 heteroatoms. The van der Waals surface area contributed by atoms with Crippen molar-refractivity contribution >= 4 is 23.2 Å². The van der Waals surface area contributed by atoms with Crippen molar-refractivity contribution in [2.45, 2.75) is 18.9 Å². The standard InChI is InChI=1S/C15H13Cl2FO/c16-12-4-5-15(17)11(8-12)9-14(19)7-10-2-1-3-13(18)6-10/h1-6,8,14,19H,7,9H2. The normalized spacial score (nSPS) is 12.4. The van der Waals surface area contributed by atoms with Crippen molar-refractivity contribution in [3.05, 3.63) is 69.5 Å². The first-order chi connectivity index (χ1) is 9.04. The second kappa shape index (κ2) is 6.38. The molecule has 2 aromatic carbocycles. The third-order valence-electron chi connectivity index (χ3n) is 2.82. The van der Waals surface area contributed by atoms with Crippen LogP contribution in [0.4, 0.5) is 4.39 Å². The first-order valence-electron chi connectivity index (χ1n) is 5.91. The molecule has 0 saturated carbocycles. The molecule has 0 aliphatic carbocycles. The maximum Gasteiger partial charge on any atom is 0.123 e. The van der Waals surface area contributed by atoms with Gasteiger partial charge in [0, 0.05) is 16.5 Å². The summed E-state index contributed by atoms with van der Waals surface area (Å²) in [5.74, 6) is -0.300. The van der Waals surface area contributed by atoms with Crippen LogP contribution in [-0.2, 0) is 12.8 Å². The van der Waals surface area contributed by atoms with Gasteiger partial charge in [-0.2, -0.15) is 0 Å². The highest BCUT2D eigenvalue weighted by atomic mass is 35.5. The number of hydrogen-bond acceptors (Lipinski definition) is 1. The molecular formula is C15H13Cl2FO. The lowest BCUT2D eigenvalue weighted by atomic mass is 10.0. The molecule has 0 aliphatic rings. The minimum atomic E-state index is -0.627. The SMILES string of the molecule is OC(Cc1cccc(F)c1)Cc1cc(Cl)ccc1Cl. The monoisotopic (exact) mass is 298 g/mol. The van der Waals surface area contributed by atoms with Gasteiger partial charge in [-0.05, 0) is 47.9 Å². The van der Waals surface area contributed by atoms with Crippen LogP contribution in [0.2, 0.25) is 10.0 Å². The van der Waals surface area contributed by atoms with E-state index in [-0.39, 0.29) is 5.82 Å². The second-order valence-corrected chi connectivity index (χ2v) is 5.27. The van der Waals surface area contributed by atoms with Crippen molar-refractivity contribution < 1.29 is 9.50 Å². The summed E-state index contributed by atoms with van der Waals surface area (Å²) in [5.41, 5.74) is 1.55. The van der Waals surface area contributed by atoms with Gasteiger partial charge in [-0.1, -0.05) is 35.3 Å². The smallest absolute Gasteiger partial charge is 0.123 e. The van der Waals surface area contributed by atoms with E-state index in [4.69, 9.17) is 23.2 Å². The van der Waals surface area contributed by atoms with E-state index in [2.05, 4.69) is 0 Å². The highest BCUT2D eigenvalue weighted by molar-refractivity contribution is 6.33. The van der Waals surface area contributed by atoms with Crippen LogP contribution in [0, 0.1) is 5.82 Å². The zero-order valence-electron chi connectivity index (χ0n) is 10.1. The Morgan fingerprint density at radius 3 is 2.58 bits per heavy atom. The van der Waals surface area contributed by atoms with Gasteiger partial charge in [-0.3, -0.25) is 0 Å². The third-order valence-corrected chi connectivity index (χ3v) is 3.43. The summed E-state index contributed by atoms with van der Waals surface area (Å²) < 4.78 is 13.0. The lowest BCUT2D eigenvalue weighted by Crippen LogP contribution is -2.14. The van der Waals surface area contributed by atoms with E-state index < -0.39 is 6.10 Å². The molecule has 1 nitrogen and oxygen atoms in total. The van der Waals surface area contributed by atoms with E-state index in [1.54, 1.807) is 30.3 Å². The summed E-state index contributed by atoms with van der Waals surface area (Å²) in [7, 11) is 0. The molecule has 1 atom stereocenters. The van der Waals surface area contributed by atoms with Crippen molar-refractivity contribution in [3.63, 3.8) is 0 Å². The van der Waals surface area contributed by atoms with Gasteiger partial charge in [-0.25, -0.2) is 4.39 Å². The van der Waals surface area contributed by atoms with Gasteiger partial charge in [0.15, 0.2) is 0 Å². The molecule has 0 fully saturated rings. The molecule has 0 saturated heterocycles. The van der Waals surface area contributed by atoms with Gasteiger partial charge in [0.05, 0.1) is 6.10 Å². The van der Waals surface area contributed by atoms with Crippen molar-refractivity contribution in [2.75, 3.05) is 0 Å². The highest BCUT2D eigenvalue weighted by Gasteiger charge is 2.10. The van der Waals surface area contributed by atoms with Crippen molar-refractivity contribution in [3.8, 4) is 0 Å². The topological polar surface area (TPSA) is 20.2 Å². The Labute approximate surface area is 121 Å². The van der Waals surface area contributed by atoms with Gasteiger partial charge >= 0.3 is 0 Å². The summed E-state index contributed by atoms with van der Waals surface area (Å²) >= 11 is 11.9. The molecule has 2 rings (SSSR count). The van der Waals surface area contributed by atoms with Gasteiger partial charge in [0.2, 0.25) is 0 Å². The zero-order valence-corrected chi connectivity index (χ0v) is 11.6. The Morgan fingerprint density at radius 2 is 1.84 bits per heavy atom. The first kappa shape index (κ1) is 14.3. The first-order valence-corrected chi connectivity index (χ1v) is 6.66. The fourth-order valence-electron chi connectivity index (χ4n) is 1.96. The summed E-state index contributed by atoms with van der Waals surface area (Å²) in [5, 5.41) is 11.2. The molecule has 1 unspecified atom stereocenters. The minimum absolute atomic E-state index is 0.300. The fourth-order valence-corrected chi connectivity index (χ4v) is 2.35. The zero-order chi connectivity index (χ0) is 13.8. The molecular weight excluding hydrogens is 286 g/mol. The summed E-state index contributed by atoms with van der Waals surface area (Å²) in [6.07, 6.45) is 0.133. The van der Waals surface area contributed by atoms with Gasteiger partial charge in [0.25, 0.3) is 0 Å². The number of aliphatic hydroxyl groups is 1. The minimum Gasteiger partial charge on any atom is -0.392 e. The van der Waals surface area contributed by atoms with Crippen molar-refractivity contribution in [2.24, 2.45) is 0 Å². The fraction of sp³-hybridized carbons (Fsp3) is 0.200. The summed E-state index contributed by atoms with van der Waals surface area (Å²) in [6.45, 7) is 0. The van der Waals surface area contributed by atoms with Gasteiger partial charge < -0.3 is 5.11 Å². The number of benzene rings is 2. The molecule has 0 amide bonds. The molecule has 19 heavy (non-hydrogen) atoms. The van der Waals surface area contributed by atoms with E-state index in [9.17, 15) is 9.50 Å². The summed E-state index contributed by atoms with van der Waals surface area (Å²) in [6, 6.07) is 11.3. The van der Waals surface area contributed by atoms with Crippen LogP contribution >= 0.6 is 23.2 Å². The summed E-state index contributed by atoms with van der Waals surface area (Å²) in [4.78, 5) is 0. The van der Waals surface area contributed by atoms with E-state index >= 15 is 0 Å². The lowest BCUT2D eigenvalue weighted by molar-refractivity contribution is 0.175. The Balaban J connectivity index is 2.05. The van der Waals surface area contributed by atoms with Crippen LogP contribution in [0.3, 0.4) is 0 Å². The Morgan fingerprint density at radius 1 is 1.05 bits per heavy atom. The van der Waals surface area contributed by atoms with Crippen molar-refractivity contribution in [1.82, 2.24) is 0 Å². The average molecular weight is 299 g/mol. The number of hydrogen-bond donors (Lipinski definition) is 1. The van der Waals surface area contributed by atoms with E-state index in [0.29, 0.717) is 22.9 Å². The third kappa shape index (κ3) is 4.20. The second-order valence-electron chi connectivity index (χ2n) is 4.43. The molecule has 1 N–H and O–H groups in total. The maximum absolute atomic E-state index is 13.0. The molecule has 0 spiro atoms. The Kier molecular flexibility index (Phi) is 4.81. The molecule has 0 aliphatic heterocycles. The maximum atomic E-state index is 13.0. The predicted molar refractivity (Wildman–Crippen MR) is 76.3 cm³/mol. The van der Waals surface area contributed by atoms with Crippen LogP contribution in [-0.4, -0.2) is 11.2 Å². The molecule has 0 radical (unpaired) electrons. The molecule has 0 bridgehead atoms. The van der Waals surface area contributed by atoms with Gasteiger partial charge in [-0.15, -0.1) is 0 Å². The van der Waals surface area contributed by atoms with E-state index in [0.717, 1.165) is 11.1 Å². The van der Waals surface area contributed by atoms with E-state index in [1.807, 2.05) is 0 Å². The molecule has 2 aromatic rings. The van der Waals surface area contributed by atoms with Crippen LogP contribution in [0.1, 0.15) is 11.1 Å². The van der Waals surface area contributed by atoms with Crippen LogP contribution in [0.25, 0.3) is 0 Å². The van der Waals surface area contributed by atoms with Crippen LogP contribution in [0.15, 0.2) is 42.5 Å². The largest absolute Gasteiger partial charge is 0.392 e. The highest BCUT2D eigenvalue weighted by Crippen LogP contribution is 2.22. The van der Waals surface area contributed by atoms with E-state index in [1.165, 1.54) is 12.1 Å². The van der Waals surface area contributed by atoms with Gasteiger partial charge in [0.1, 0.15) is 5.82 Å². The quantitative estimate of drug-likeness (QED) is 0.893. The molecule has 0 aromatic heterocycles. The van der Waals surface area contributed by atoms with Crippen LogP contribution < -0.4 is 0 Å². The Hall–Kier alpha value is -1.09. The van der Waals surface area contributed by atoms with Crippen LogP contribution in [0.5, 0.6) is 0 Å².